The molecule has 0 bridgehead atoms. The van der Waals surface area contributed by atoms with Gasteiger partial charge in [0.1, 0.15) is 6.54 Å². The Morgan fingerprint density at radius 1 is 0.804 bits per heavy atom. The molecule has 0 unspecified atom stereocenters. The molecule has 46 heavy (non-hydrogen) atoms. The lowest BCUT2D eigenvalue weighted by Crippen LogP contribution is -2.27. The van der Waals surface area contributed by atoms with E-state index in [-0.39, 0.29) is 5.41 Å². The largest absolute Gasteiger partial charge is 0.337 e. The lowest BCUT2D eigenvalue weighted by Gasteiger charge is -2.24. The molecule has 0 saturated heterocycles. The van der Waals surface area contributed by atoms with Gasteiger partial charge in [-0.25, -0.2) is 8.42 Å². The van der Waals surface area contributed by atoms with Crippen molar-refractivity contribution in [3.63, 3.8) is 0 Å². The predicted octanol–water partition coefficient (Wildman–Crippen LogP) is 10.0. The van der Waals surface area contributed by atoms with Crippen LogP contribution in [0.4, 0.5) is 11.4 Å². The molecule has 2 aliphatic heterocycles. The number of hydrogen-bond donors (Lipinski definition) is 0. The number of allylic oxidation sites excluding steroid dienone is 2. The van der Waals surface area contributed by atoms with Gasteiger partial charge in [-0.1, -0.05) is 76.2 Å². The number of fused-ring (bicyclic) bond motifs is 2. The van der Waals surface area contributed by atoms with E-state index in [1.165, 1.54) is 80.1 Å². The first-order valence-corrected chi connectivity index (χ1v) is 19.3. The maximum atomic E-state index is 12.4. The van der Waals surface area contributed by atoms with E-state index in [9.17, 15) is 8.42 Å². The molecule has 4 rings (SSSR count). The monoisotopic (exact) mass is 639 g/mol. The van der Waals surface area contributed by atoms with Gasteiger partial charge in [-0.2, -0.15) is 4.58 Å². The minimum absolute atomic E-state index is 0.136. The van der Waals surface area contributed by atoms with Crippen LogP contribution in [0.1, 0.15) is 122 Å². The summed E-state index contributed by atoms with van der Waals surface area (Å²) in [4.78, 5) is 2.66. The SMILES string of the molecule is CCCCCCCN1C(=C=C=C=C=CC2=[N+](CCCCCCC)c3ccc(C)cc3C2(C)C)C(C)(C)c2cc(S(C)(=O)=O)ccc21. The second kappa shape index (κ2) is 15.1. The van der Waals surface area contributed by atoms with Crippen LogP contribution >= 0.6 is 0 Å². The van der Waals surface area contributed by atoms with Crippen molar-refractivity contribution < 1.29 is 13.0 Å². The molecule has 5 heteroatoms. The number of anilines is 1. The Bertz CT molecular complexity index is 1750. The molecule has 0 radical (unpaired) electrons. The van der Waals surface area contributed by atoms with E-state index in [0.717, 1.165) is 42.9 Å². The fourth-order valence-electron chi connectivity index (χ4n) is 6.99. The van der Waals surface area contributed by atoms with E-state index in [1.807, 2.05) is 12.1 Å². The number of unbranched alkanes of at least 4 members (excludes halogenated alkanes) is 8. The molecule has 0 spiro atoms. The average molecular weight is 640 g/mol. The molecule has 2 aliphatic rings. The molecule has 0 atom stereocenters. The van der Waals surface area contributed by atoms with Crippen molar-refractivity contribution in [3.8, 4) is 0 Å². The normalized spacial score (nSPS) is 16.0. The molecule has 4 nitrogen and oxygen atoms in total. The predicted molar refractivity (Wildman–Crippen MR) is 194 cm³/mol. The summed E-state index contributed by atoms with van der Waals surface area (Å²) >= 11 is 0. The Balaban J connectivity index is 1.76. The smallest absolute Gasteiger partial charge is 0.209 e. The van der Waals surface area contributed by atoms with E-state index < -0.39 is 15.3 Å². The quantitative estimate of drug-likeness (QED) is 0.117. The molecule has 0 saturated carbocycles. The van der Waals surface area contributed by atoms with Crippen LogP contribution in [0, 0.1) is 6.92 Å². The molecule has 0 amide bonds. The van der Waals surface area contributed by atoms with Gasteiger partial charge in [-0.3, -0.25) is 0 Å². The third kappa shape index (κ3) is 7.81. The van der Waals surface area contributed by atoms with Crippen LogP contribution in [0.15, 0.2) is 76.0 Å². The number of aryl methyl sites for hydroxylation is 1. The van der Waals surface area contributed by atoms with Crippen molar-refractivity contribution in [1.82, 2.24) is 0 Å². The van der Waals surface area contributed by atoms with Crippen LogP contribution < -0.4 is 4.90 Å². The summed E-state index contributed by atoms with van der Waals surface area (Å²) < 4.78 is 27.3. The minimum Gasteiger partial charge on any atom is -0.337 e. The Morgan fingerprint density at radius 3 is 2.15 bits per heavy atom. The number of nitrogens with zero attached hydrogens (tertiary/aromatic N) is 2. The number of benzene rings is 2. The summed E-state index contributed by atoms with van der Waals surface area (Å²) in [6, 6.07) is 12.4. The van der Waals surface area contributed by atoms with Gasteiger partial charge in [-0.05, 0) is 94.5 Å². The Hall–Kier alpha value is -3.28. The summed E-state index contributed by atoms with van der Waals surface area (Å²) in [7, 11) is -3.31. The summed E-state index contributed by atoms with van der Waals surface area (Å²) in [6.45, 7) is 17.4. The first kappa shape index (κ1) is 35.6. The zero-order valence-corrected chi connectivity index (χ0v) is 30.5. The van der Waals surface area contributed by atoms with Crippen molar-refractivity contribution in [1.29, 1.82) is 0 Å². The summed E-state index contributed by atoms with van der Waals surface area (Å²) in [5.74, 6) is 0. The molecule has 2 aromatic carbocycles. The van der Waals surface area contributed by atoms with E-state index in [1.54, 1.807) is 6.07 Å². The third-order valence-electron chi connectivity index (χ3n) is 9.76. The zero-order valence-electron chi connectivity index (χ0n) is 29.6. The number of sulfone groups is 1. The Labute approximate surface area is 279 Å². The lowest BCUT2D eigenvalue weighted by molar-refractivity contribution is -0.438. The second-order valence-corrected chi connectivity index (χ2v) is 16.3. The van der Waals surface area contributed by atoms with Crippen LogP contribution in [-0.4, -0.2) is 38.1 Å². The van der Waals surface area contributed by atoms with Gasteiger partial charge in [0.25, 0.3) is 0 Å². The maximum Gasteiger partial charge on any atom is 0.209 e. The van der Waals surface area contributed by atoms with E-state index >= 15 is 0 Å². The van der Waals surface area contributed by atoms with E-state index in [4.69, 9.17) is 0 Å². The van der Waals surface area contributed by atoms with E-state index in [2.05, 4.69) is 105 Å². The fourth-order valence-corrected chi connectivity index (χ4v) is 7.64. The van der Waals surface area contributed by atoms with Gasteiger partial charge in [0.15, 0.2) is 9.84 Å². The first-order chi connectivity index (χ1) is 21.8. The molecule has 0 aromatic heterocycles. The first-order valence-electron chi connectivity index (χ1n) is 17.4. The molecule has 2 heterocycles. The van der Waals surface area contributed by atoms with Crippen molar-refractivity contribution in [2.75, 3.05) is 24.2 Å². The van der Waals surface area contributed by atoms with Crippen molar-refractivity contribution in [2.45, 2.75) is 128 Å². The van der Waals surface area contributed by atoms with Gasteiger partial charge in [0.05, 0.1) is 22.1 Å². The maximum absolute atomic E-state index is 12.4. The van der Waals surface area contributed by atoms with Crippen molar-refractivity contribution in [3.05, 3.63) is 87.8 Å². The molecule has 0 N–H and O–H groups in total. The zero-order chi connectivity index (χ0) is 33.5. The highest BCUT2D eigenvalue weighted by Crippen LogP contribution is 2.48. The lowest BCUT2D eigenvalue weighted by atomic mass is 9.81. The van der Waals surface area contributed by atoms with Gasteiger partial charge < -0.3 is 4.90 Å². The summed E-state index contributed by atoms with van der Waals surface area (Å²) in [5, 5.41) is 0. The van der Waals surface area contributed by atoms with Gasteiger partial charge in [-0.15, -0.1) is 0 Å². The highest BCUT2D eigenvalue weighted by Gasteiger charge is 2.44. The molecular weight excluding hydrogens is 585 g/mol. The van der Waals surface area contributed by atoms with E-state index in [0.29, 0.717) is 4.90 Å². The van der Waals surface area contributed by atoms with Crippen LogP contribution in [-0.2, 0) is 20.7 Å². The highest BCUT2D eigenvalue weighted by molar-refractivity contribution is 7.90. The van der Waals surface area contributed by atoms with Crippen LogP contribution in [0.3, 0.4) is 0 Å². The van der Waals surface area contributed by atoms with Gasteiger partial charge in [0, 0.05) is 42.0 Å². The Morgan fingerprint density at radius 2 is 1.48 bits per heavy atom. The molecular formula is C41H55N2O2S+. The summed E-state index contributed by atoms with van der Waals surface area (Å²) in [5.41, 5.74) is 20.8. The standard InChI is InChI=1S/C41H55N2O2S/c1-9-11-13-15-20-28-42-36-26-24-32(3)30-34(36)40(4,5)38(42)22-18-17-19-23-39-41(6,7)35-31-33(46(8,44)45)25-27-37(35)43(39)29-21-16-14-12-10-2/h22,24-27,30-31H,9-16,20-21,28-29H2,1-8H3/q+1. The van der Waals surface area contributed by atoms with Crippen molar-refractivity contribution in [2.24, 2.45) is 0 Å². The van der Waals surface area contributed by atoms with Crippen molar-refractivity contribution >= 4 is 26.9 Å². The van der Waals surface area contributed by atoms with Crippen LogP contribution in [0.2, 0.25) is 0 Å². The topological polar surface area (TPSA) is 40.4 Å². The average Bonchev–Trinajstić information content (AvgIpc) is 3.34. The summed E-state index contributed by atoms with van der Waals surface area (Å²) in [6.07, 6.45) is 15.5. The van der Waals surface area contributed by atoms with Gasteiger partial charge >= 0.3 is 0 Å². The third-order valence-corrected chi connectivity index (χ3v) is 10.9. The molecule has 246 valence electrons. The van der Waals surface area contributed by atoms with Crippen LogP contribution in [0.5, 0.6) is 0 Å². The fraction of sp³-hybridized carbons (Fsp3) is 0.537. The molecule has 0 fully saturated rings. The highest BCUT2D eigenvalue weighted by atomic mass is 32.2. The number of rotatable bonds is 14. The Kier molecular flexibility index (Phi) is 11.7. The second-order valence-electron chi connectivity index (χ2n) is 14.3. The van der Waals surface area contributed by atoms with Gasteiger partial charge in [0.2, 0.25) is 11.4 Å². The number of hydrogen-bond acceptors (Lipinski definition) is 3. The minimum atomic E-state index is -3.31. The van der Waals surface area contributed by atoms with Crippen LogP contribution in [0.25, 0.3) is 0 Å². The molecule has 2 aromatic rings. The molecule has 0 aliphatic carbocycles.